The molecule has 2 fully saturated rings. The number of ether oxygens (including phenoxy) is 1. The first kappa shape index (κ1) is 17.0. The minimum atomic E-state index is -0.148. The molecule has 2 saturated carbocycles. The van der Waals surface area contributed by atoms with Crippen molar-refractivity contribution in [3.63, 3.8) is 0 Å². The van der Waals surface area contributed by atoms with Gasteiger partial charge >= 0.3 is 5.97 Å². The standard InChI is InChI=1S/C21H34O2/c1-15-8-12-21(5)17(7-6-10-19(21,2)3)20(15,4)11-9-16-13-18(22)23-14-16/h13,15,17H,6-12,14H2,1-5H3. The molecule has 130 valence electrons. The maximum absolute atomic E-state index is 11.3. The molecule has 2 aliphatic carbocycles. The van der Waals surface area contributed by atoms with Crippen LogP contribution in [0.4, 0.5) is 0 Å². The van der Waals surface area contributed by atoms with Crippen molar-refractivity contribution >= 4 is 5.97 Å². The number of hydrogen-bond donors (Lipinski definition) is 0. The smallest absolute Gasteiger partial charge is 0.331 e. The minimum absolute atomic E-state index is 0.148. The van der Waals surface area contributed by atoms with Gasteiger partial charge in [0.2, 0.25) is 0 Å². The van der Waals surface area contributed by atoms with E-state index in [2.05, 4.69) is 34.6 Å². The van der Waals surface area contributed by atoms with E-state index >= 15 is 0 Å². The molecule has 0 saturated heterocycles. The van der Waals surface area contributed by atoms with Crippen molar-refractivity contribution in [2.24, 2.45) is 28.1 Å². The Morgan fingerprint density at radius 1 is 1.17 bits per heavy atom. The summed E-state index contributed by atoms with van der Waals surface area (Å²) < 4.78 is 5.09. The first-order chi connectivity index (χ1) is 10.7. The second-order valence-electron chi connectivity index (χ2n) is 9.60. The summed E-state index contributed by atoms with van der Waals surface area (Å²) in [7, 11) is 0. The first-order valence-electron chi connectivity index (χ1n) is 9.55. The van der Waals surface area contributed by atoms with Crippen LogP contribution < -0.4 is 0 Å². The predicted molar refractivity (Wildman–Crippen MR) is 94.0 cm³/mol. The average Bonchev–Trinajstić information content (AvgIpc) is 2.90. The van der Waals surface area contributed by atoms with E-state index in [0.29, 0.717) is 22.9 Å². The molecule has 2 nitrogen and oxygen atoms in total. The Morgan fingerprint density at radius 3 is 2.57 bits per heavy atom. The van der Waals surface area contributed by atoms with E-state index in [1.807, 2.05) is 0 Å². The van der Waals surface area contributed by atoms with E-state index in [9.17, 15) is 4.79 Å². The maximum Gasteiger partial charge on any atom is 0.331 e. The van der Waals surface area contributed by atoms with Crippen LogP contribution in [-0.2, 0) is 9.53 Å². The van der Waals surface area contributed by atoms with Gasteiger partial charge in [0.15, 0.2) is 0 Å². The number of hydrogen-bond acceptors (Lipinski definition) is 2. The van der Waals surface area contributed by atoms with Crippen LogP contribution in [0.1, 0.15) is 79.6 Å². The average molecular weight is 319 g/mol. The molecule has 4 atom stereocenters. The molecule has 3 rings (SSSR count). The summed E-state index contributed by atoms with van der Waals surface area (Å²) in [6.07, 6.45) is 10.8. The highest BCUT2D eigenvalue weighted by Crippen LogP contribution is 2.66. The highest BCUT2D eigenvalue weighted by molar-refractivity contribution is 5.85. The molecule has 3 aliphatic rings. The van der Waals surface area contributed by atoms with Crippen LogP contribution in [0.15, 0.2) is 11.6 Å². The molecule has 1 heterocycles. The Bertz CT molecular complexity index is 518. The molecular formula is C21H34O2. The van der Waals surface area contributed by atoms with Crippen LogP contribution >= 0.6 is 0 Å². The molecule has 23 heavy (non-hydrogen) atoms. The van der Waals surface area contributed by atoms with Gasteiger partial charge in [0.05, 0.1) is 0 Å². The molecular weight excluding hydrogens is 284 g/mol. The van der Waals surface area contributed by atoms with E-state index in [0.717, 1.165) is 18.3 Å². The van der Waals surface area contributed by atoms with E-state index in [1.165, 1.54) is 44.1 Å². The van der Waals surface area contributed by atoms with Crippen LogP contribution in [-0.4, -0.2) is 12.6 Å². The third-order valence-electron chi connectivity index (χ3n) is 8.33. The van der Waals surface area contributed by atoms with Crippen molar-refractivity contribution in [3.05, 3.63) is 11.6 Å². The second kappa shape index (κ2) is 5.63. The van der Waals surface area contributed by atoms with Crippen molar-refractivity contribution in [1.82, 2.24) is 0 Å². The Hall–Kier alpha value is -0.790. The van der Waals surface area contributed by atoms with Crippen molar-refractivity contribution in [1.29, 1.82) is 0 Å². The van der Waals surface area contributed by atoms with Gasteiger partial charge in [-0.1, -0.05) is 41.0 Å². The molecule has 0 aromatic rings. The highest BCUT2D eigenvalue weighted by atomic mass is 16.5. The molecule has 1 aliphatic heterocycles. The van der Waals surface area contributed by atoms with Gasteiger partial charge in [0, 0.05) is 6.08 Å². The largest absolute Gasteiger partial charge is 0.458 e. The van der Waals surface area contributed by atoms with Crippen LogP contribution in [0.5, 0.6) is 0 Å². The lowest BCUT2D eigenvalue weighted by Crippen LogP contribution is -2.56. The number of cyclic esters (lactones) is 1. The van der Waals surface area contributed by atoms with Crippen molar-refractivity contribution in [3.8, 4) is 0 Å². The van der Waals surface area contributed by atoms with Crippen molar-refractivity contribution in [2.45, 2.75) is 79.6 Å². The van der Waals surface area contributed by atoms with Crippen molar-refractivity contribution in [2.75, 3.05) is 6.61 Å². The fourth-order valence-electron chi connectivity index (χ4n) is 5.99. The predicted octanol–water partition coefficient (Wildman–Crippen LogP) is 5.52. The van der Waals surface area contributed by atoms with Gasteiger partial charge in [-0.25, -0.2) is 4.79 Å². The van der Waals surface area contributed by atoms with Crippen LogP contribution in [0.3, 0.4) is 0 Å². The van der Waals surface area contributed by atoms with Gasteiger partial charge in [-0.15, -0.1) is 0 Å². The molecule has 0 amide bonds. The number of carbonyl (C=O) groups is 1. The van der Waals surface area contributed by atoms with E-state index in [1.54, 1.807) is 6.08 Å². The van der Waals surface area contributed by atoms with Crippen LogP contribution in [0.2, 0.25) is 0 Å². The zero-order valence-corrected chi connectivity index (χ0v) is 15.7. The summed E-state index contributed by atoms with van der Waals surface area (Å²) >= 11 is 0. The second-order valence-corrected chi connectivity index (χ2v) is 9.60. The third kappa shape index (κ3) is 2.66. The van der Waals surface area contributed by atoms with E-state index in [-0.39, 0.29) is 5.97 Å². The summed E-state index contributed by atoms with van der Waals surface area (Å²) in [5.41, 5.74) is 2.49. The molecule has 0 N–H and O–H groups in total. The normalized spacial score (nSPS) is 42.8. The summed E-state index contributed by atoms with van der Waals surface area (Å²) in [4.78, 5) is 11.3. The number of rotatable bonds is 3. The van der Waals surface area contributed by atoms with Gasteiger partial charge in [0.25, 0.3) is 0 Å². The lowest BCUT2D eigenvalue weighted by atomic mass is 9.41. The van der Waals surface area contributed by atoms with Gasteiger partial charge in [-0.3, -0.25) is 0 Å². The minimum Gasteiger partial charge on any atom is -0.458 e. The Morgan fingerprint density at radius 2 is 1.91 bits per heavy atom. The maximum atomic E-state index is 11.3. The fraction of sp³-hybridized carbons (Fsp3) is 0.857. The number of fused-ring (bicyclic) bond motifs is 1. The summed E-state index contributed by atoms with van der Waals surface area (Å²) in [6.45, 7) is 13.1. The van der Waals surface area contributed by atoms with Gasteiger partial charge in [-0.05, 0) is 72.2 Å². The first-order valence-corrected chi connectivity index (χ1v) is 9.55. The molecule has 0 spiro atoms. The van der Waals surface area contributed by atoms with E-state index < -0.39 is 0 Å². The Kier molecular flexibility index (Phi) is 4.18. The molecule has 4 unspecified atom stereocenters. The SMILES string of the molecule is CC1CCC2(C)C(CCCC2(C)C)C1(C)CCC1=CC(=O)OC1. The highest BCUT2D eigenvalue weighted by Gasteiger charge is 2.58. The topological polar surface area (TPSA) is 26.3 Å². The van der Waals surface area contributed by atoms with Crippen LogP contribution in [0.25, 0.3) is 0 Å². The molecule has 2 heteroatoms. The quantitative estimate of drug-likeness (QED) is 0.641. The van der Waals surface area contributed by atoms with E-state index in [4.69, 9.17) is 4.74 Å². The lowest BCUT2D eigenvalue weighted by Gasteiger charge is -2.64. The Balaban J connectivity index is 1.83. The zero-order valence-electron chi connectivity index (χ0n) is 15.7. The fourth-order valence-corrected chi connectivity index (χ4v) is 5.99. The number of carbonyl (C=O) groups excluding carboxylic acids is 1. The summed E-state index contributed by atoms with van der Waals surface area (Å²) in [5, 5.41) is 0. The van der Waals surface area contributed by atoms with Crippen LogP contribution in [0, 0.1) is 28.1 Å². The lowest BCUT2D eigenvalue weighted by molar-refractivity contribution is -0.144. The molecule has 0 bridgehead atoms. The summed E-state index contributed by atoms with van der Waals surface area (Å²) in [6, 6.07) is 0. The molecule has 0 radical (unpaired) electrons. The van der Waals surface area contributed by atoms with Gasteiger partial charge in [0.1, 0.15) is 6.61 Å². The molecule has 0 aromatic carbocycles. The third-order valence-corrected chi connectivity index (χ3v) is 8.33. The van der Waals surface area contributed by atoms with Gasteiger partial charge in [-0.2, -0.15) is 0 Å². The van der Waals surface area contributed by atoms with Gasteiger partial charge < -0.3 is 4.74 Å². The Labute approximate surface area is 142 Å². The monoisotopic (exact) mass is 318 g/mol. The summed E-state index contributed by atoms with van der Waals surface area (Å²) in [5.74, 6) is 1.43. The zero-order chi connectivity index (χ0) is 16.9. The number of esters is 1. The van der Waals surface area contributed by atoms with Crippen molar-refractivity contribution < 1.29 is 9.53 Å². The molecule has 0 aromatic heterocycles.